The number of hydrogen-bond donors (Lipinski definition) is 1. The third kappa shape index (κ3) is 6.86. The molecule has 0 radical (unpaired) electrons. The Morgan fingerprint density at radius 1 is 0.861 bits per heavy atom. The molecular weight excluding hydrogens is 450 g/mol. The molecule has 2 aromatic rings. The van der Waals surface area contributed by atoms with Gasteiger partial charge >= 0.3 is 0 Å². The van der Waals surface area contributed by atoms with Crippen molar-refractivity contribution < 1.29 is 9.59 Å². The Kier molecular flexibility index (Phi) is 8.99. The van der Waals surface area contributed by atoms with Gasteiger partial charge in [-0.15, -0.1) is 0 Å². The number of para-hydroxylation sites is 2. The zero-order chi connectivity index (χ0) is 25.5. The van der Waals surface area contributed by atoms with Gasteiger partial charge in [-0.2, -0.15) is 0 Å². The van der Waals surface area contributed by atoms with E-state index in [9.17, 15) is 9.59 Å². The minimum Gasteiger partial charge on any atom is -0.371 e. The van der Waals surface area contributed by atoms with Crippen molar-refractivity contribution in [3.05, 3.63) is 59.2 Å². The second-order valence-corrected chi connectivity index (χ2v) is 10.3. The summed E-state index contributed by atoms with van der Waals surface area (Å²) >= 11 is 0. The Morgan fingerprint density at radius 3 is 2.22 bits per heavy atom. The first-order chi connectivity index (χ1) is 17.4. The van der Waals surface area contributed by atoms with Gasteiger partial charge in [-0.05, 0) is 62.9 Å². The Bertz CT molecular complexity index is 1020. The second-order valence-electron chi connectivity index (χ2n) is 10.3. The van der Waals surface area contributed by atoms with Crippen molar-refractivity contribution in [1.29, 1.82) is 0 Å². The SMILES string of the molecule is Cc1cccc(C)c1NC(=O)CN1CCN(C(=O)CN(C)Cc2ccccc2N2CCCCC2)CC1. The van der Waals surface area contributed by atoms with Crippen LogP contribution in [-0.4, -0.2) is 85.9 Å². The first-order valence-electron chi connectivity index (χ1n) is 13.3. The fourth-order valence-electron chi connectivity index (χ4n) is 5.31. The predicted octanol–water partition coefficient (Wildman–Crippen LogP) is 3.51. The van der Waals surface area contributed by atoms with Crippen LogP contribution in [0.3, 0.4) is 0 Å². The molecule has 0 unspecified atom stereocenters. The number of rotatable bonds is 8. The summed E-state index contributed by atoms with van der Waals surface area (Å²) in [4.78, 5) is 34.3. The lowest BCUT2D eigenvalue weighted by molar-refractivity contribution is -0.134. The molecule has 2 aliphatic rings. The molecule has 36 heavy (non-hydrogen) atoms. The largest absolute Gasteiger partial charge is 0.371 e. The molecule has 0 bridgehead atoms. The van der Waals surface area contributed by atoms with Crippen LogP contribution in [0.1, 0.15) is 36.0 Å². The fraction of sp³-hybridized carbons (Fsp3) is 0.517. The molecule has 2 saturated heterocycles. The third-order valence-electron chi connectivity index (χ3n) is 7.37. The predicted molar refractivity (Wildman–Crippen MR) is 146 cm³/mol. The lowest BCUT2D eigenvalue weighted by Gasteiger charge is -2.35. The van der Waals surface area contributed by atoms with Crippen molar-refractivity contribution in [3.63, 3.8) is 0 Å². The number of carbonyl (C=O) groups excluding carboxylic acids is 2. The molecule has 194 valence electrons. The highest BCUT2D eigenvalue weighted by atomic mass is 16.2. The fourth-order valence-corrected chi connectivity index (χ4v) is 5.31. The van der Waals surface area contributed by atoms with Gasteiger partial charge in [-0.25, -0.2) is 0 Å². The first kappa shape index (κ1) is 26.2. The number of carbonyl (C=O) groups is 2. The van der Waals surface area contributed by atoms with Crippen LogP contribution in [-0.2, 0) is 16.1 Å². The van der Waals surface area contributed by atoms with Gasteiger partial charge < -0.3 is 15.1 Å². The zero-order valence-corrected chi connectivity index (χ0v) is 22.1. The molecule has 0 spiro atoms. The van der Waals surface area contributed by atoms with Crippen LogP contribution in [0.15, 0.2) is 42.5 Å². The Labute approximate surface area is 216 Å². The lowest BCUT2D eigenvalue weighted by atomic mass is 10.1. The molecule has 4 rings (SSSR count). The van der Waals surface area contributed by atoms with E-state index in [0.29, 0.717) is 39.3 Å². The molecule has 0 atom stereocenters. The molecule has 7 nitrogen and oxygen atoms in total. The summed E-state index contributed by atoms with van der Waals surface area (Å²) in [5, 5.41) is 3.07. The Hall–Kier alpha value is -2.90. The molecule has 0 aliphatic carbocycles. The van der Waals surface area contributed by atoms with Crippen LogP contribution in [0.5, 0.6) is 0 Å². The summed E-state index contributed by atoms with van der Waals surface area (Å²) < 4.78 is 0. The first-order valence-corrected chi connectivity index (χ1v) is 13.3. The monoisotopic (exact) mass is 491 g/mol. The van der Waals surface area contributed by atoms with Crippen molar-refractivity contribution in [1.82, 2.24) is 14.7 Å². The minimum absolute atomic E-state index is 0.000666. The van der Waals surface area contributed by atoms with Gasteiger partial charge in [0.2, 0.25) is 11.8 Å². The number of nitrogens with one attached hydrogen (secondary N) is 1. The van der Waals surface area contributed by atoms with Gasteiger partial charge in [0.05, 0.1) is 13.1 Å². The minimum atomic E-state index is -0.000666. The van der Waals surface area contributed by atoms with Crippen LogP contribution in [0, 0.1) is 13.8 Å². The number of benzene rings is 2. The van der Waals surface area contributed by atoms with Crippen molar-refractivity contribution in [2.45, 2.75) is 39.7 Å². The van der Waals surface area contributed by atoms with Crippen LogP contribution < -0.4 is 10.2 Å². The van der Waals surface area contributed by atoms with E-state index >= 15 is 0 Å². The number of piperidine rings is 1. The van der Waals surface area contributed by atoms with Gasteiger partial charge in [0.15, 0.2) is 0 Å². The van der Waals surface area contributed by atoms with Gasteiger partial charge in [-0.3, -0.25) is 19.4 Å². The summed E-state index contributed by atoms with van der Waals surface area (Å²) in [6.07, 6.45) is 3.82. The van der Waals surface area contributed by atoms with E-state index in [-0.39, 0.29) is 11.8 Å². The highest BCUT2D eigenvalue weighted by Crippen LogP contribution is 2.25. The number of amides is 2. The number of likely N-dealkylation sites (N-methyl/N-ethyl adjacent to an activating group) is 1. The van der Waals surface area contributed by atoms with Crippen molar-refractivity contribution in [3.8, 4) is 0 Å². The maximum Gasteiger partial charge on any atom is 0.238 e. The summed E-state index contributed by atoms with van der Waals surface area (Å²) in [6, 6.07) is 14.6. The molecule has 1 N–H and O–H groups in total. The molecule has 2 amide bonds. The van der Waals surface area contributed by atoms with Crippen LogP contribution >= 0.6 is 0 Å². The average molecular weight is 492 g/mol. The molecule has 2 heterocycles. The molecule has 7 heteroatoms. The summed E-state index contributed by atoms with van der Waals surface area (Å²) in [7, 11) is 2.03. The summed E-state index contributed by atoms with van der Waals surface area (Å²) in [5.74, 6) is 0.159. The highest BCUT2D eigenvalue weighted by Gasteiger charge is 2.24. The molecule has 2 aromatic carbocycles. The van der Waals surface area contributed by atoms with E-state index in [1.54, 1.807) is 0 Å². The van der Waals surface area contributed by atoms with E-state index in [1.807, 2.05) is 44.0 Å². The number of aryl methyl sites for hydroxylation is 2. The second kappa shape index (κ2) is 12.4. The average Bonchev–Trinajstić information content (AvgIpc) is 2.87. The van der Waals surface area contributed by atoms with E-state index in [4.69, 9.17) is 0 Å². The maximum atomic E-state index is 13.0. The quantitative estimate of drug-likeness (QED) is 0.613. The number of nitrogens with zero attached hydrogens (tertiary/aromatic N) is 4. The van der Waals surface area contributed by atoms with Crippen LogP contribution in [0.4, 0.5) is 11.4 Å². The van der Waals surface area contributed by atoms with Gasteiger partial charge in [0, 0.05) is 57.2 Å². The lowest BCUT2D eigenvalue weighted by Crippen LogP contribution is -2.52. The van der Waals surface area contributed by atoms with Crippen LogP contribution in [0.2, 0.25) is 0 Å². The van der Waals surface area contributed by atoms with Crippen molar-refractivity contribution >= 4 is 23.2 Å². The summed E-state index contributed by atoms with van der Waals surface area (Å²) in [5.41, 5.74) is 5.64. The highest BCUT2D eigenvalue weighted by molar-refractivity contribution is 5.93. The van der Waals surface area contributed by atoms with Crippen molar-refractivity contribution in [2.24, 2.45) is 0 Å². The zero-order valence-electron chi connectivity index (χ0n) is 22.1. The van der Waals surface area contributed by atoms with E-state index < -0.39 is 0 Å². The number of hydrogen-bond acceptors (Lipinski definition) is 5. The smallest absolute Gasteiger partial charge is 0.238 e. The topological polar surface area (TPSA) is 59.1 Å². The third-order valence-corrected chi connectivity index (χ3v) is 7.37. The van der Waals surface area contributed by atoms with E-state index in [2.05, 4.69) is 44.3 Å². The molecule has 2 aliphatic heterocycles. The summed E-state index contributed by atoms with van der Waals surface area (Å²) in [6.45, 7) is 10.5. The molecule has 0 aromatic heterocycles. The number of anilines is 2. The van der Waals surface area contributed by atoms with Gasteiger partial charge in [0.25, 0.3) is 0 Å². The van der Waals surface area contributed by atoms with E-state index in [1.165, 1.54) is 30.5 Å². The van der Waals surface area contributed by atoms with Crippen molar-refractivity contribution in [2.75, 3.05) is 69.6 Å². The molecule has 0 saturated carbocycles. The Balaban J connectivity index is 1.23. The standard InChI is InChI=1S/C29H41N5O2/c1-23-10-9-11-24(2)29(23)30-27(35)21-32-16-18-34(19-17-32)28(36)22-31(3)20-25-12-5-6-13-26(25)33-14-7-4-8-15-33/h5-6,9-13H,4,7-8,14-22H2,1-3H3,(H,30,35). The normalized spacial score (nSPS) is 16.9. The molecule has 2 fully saturated rings. The van der Waals surface area contributed by atoms with E-state index in [0.717, 1.165) is 36.4 Å². The Morgan fingerprint density at radius 2 is 1.53 bits per heavy atom. The number of piperazine rings is 1. The van der Waals surface area contributed by atoms with Crippen LogP contribution in [0.25, 0.3) is 0 Å². The maximum absolute atomic E-state index is 13.0. The molecular formula is C29H41N5O2. The van der Waals surface area contributed by atoms with Gasteiger partial charge in [0.1, 0.15) is 0 Å². The van der Waals surface area contributed by atoms with Gasteiger partial charge in [-0.1, -0.05) is 36.4 Å².